The zero-order valence-electron chi connectivity index (χ0n) is 9.13. The molecule has 0 aromatic carbocycles. The van der Waals surface area contributed by atoms with E-state index in [-0.39, 0.29) is 0 Å². The minimum atomic E-state index is 0.359. The first kappa shape index (κ1) is 11.0. The van der Waals surface area contributed by atoms with Crippen LogP contribution in [0.25, 0.3) is 0 Å². The van der Waals surface area contributed by atoms with E-state index < -0.39 is 0 Å². The molecule has 1 fully saturated rings. The smallest absolute Gasteiger partial charge is 0.0191 e. The first-order valence-corrected chi connectivity index (χ1v) is 5.68. The summed E-state index contributed by atoms with van der Waals surface area (Å²) in [4.78, 5) is 2.54. The van der Waals surface area contributed by atoms with E-state index in [1.165, 1.54) is 38.8 Å². The van der Waals surface area contributed by atoms with Crippen LogP contribution in [0.5, 0.6) is 0 Å². The molecule has 2 nitrogen and oxygen atoms in total. The van der Waals surface area contributed by atoms with Crippen molar-refractivity contribution >= 4 is 0 Å². The van der Waals surface area contributed by atoms with Crippen LogP contribution in [0.1, 0.15) is 39.5 Å². The molecule has 0 bridgehead atoms. The van der Waals surface area contributed by atoms with Gasteiger partial charge in [0.25, 0.3) is 0 Å². The Labute approximate surface area is 82.5 Å². The van der Waals surface area contributed by atoms with Crippen molar-refractivity contribution in [3.8, 4) is 0 Å². The number of likely N-dealkylation sites (tertiary alicyclic amines) is 1. The Morgan fingerprint density at radius 3 is 2.08 bits per heavy atom. The second-order valence-electron chi connectivity index (χ2n) is 4.62. The quantitative estimate of drug-likeness (QED) is 0.725. The molecule has 1 saturated heterocycles. The maximum absolute atomic E-state index is 6.06. The lowest BCUT2D eigenvalue weighted by Crippen LogP contribution is -2.41. The standard InChI is InChI=1S/C11H24N2/c1-10(2)11(12)9-13-7-5-3-4-6-8-13/h10-11H,3-9,12H2,1-2H3/t11-/m0/s1. The zero-order valence-corrected chi connectivity index (χ0v) is 9.13. The Morgan fingerprint density at radius 2 is 1.62 bits per heavy atom. The van der Waals surface area contributed by atoms with E-state index in [9.17, 15) is 0 Å². The van der Waals surface area contributed by atoms with Crippen molar-refractivity contribution in [3.05, 3.63) is 0 Å². The summed E-state index contributed by atoms with van der Waals surface area (Å²) in [6.45, 7) is 8.05. The van der Waals surface area contributed by atoms with Gasteiger partial charge in [-0.3, -0.25) is 0 Å². The van der Waals surface area contributed by atoms with Crippen molar-refractivity contribution in [2.45, 2.75) is 45.6 Å². The molecule has 1 aliphatic heterocycles. The Kier molecular flexibility index (Phi) is 4.74. The van der Waals surface area contributed by atoms with Crippen LogP contribution in [0.15, 0.2) is 0 Å². The first-order chi connectivity index (χ1) is 6.20. The fourth-order valence-corrected chi connectivity index (χ4v) is 1.83. The van der Waals surface area contributed by atoms with Crippen LogP contribution in [-0.2, 0) is 0 Å². The molecule has 1 atom stereocenters. The minimum Gasteiger partial charge on any atom is -0.326 e. The summed E-state index contributed by atoms with van der Waals surface area (Å²) >= 11 is 0. The molecule has 2 N–H and O–H groups in total. The van der Waals surface area contributed by atoms with Gasteiger partial charge in [-0.1, -0.05) is 26.7 Å². The predicted octanol–water partition coefficient (Wildman–Crippen LogP) is 1.85. The van der Waals surface area contributed by atoms with Crippen LogP contribution in [0.3, 0.4) is 0 Å². The van der Waals surface area contributed by atoms with E-state index in [0.717, 1.165) is 6.54 Å². The summed E-state index contributed by atoms with van der Waals surface area (Å²) in [5, 5.41) is 0. The van der Waals surface area contributed by atoms with Crippen LogP contribution in [0, 0.1) is 5.92 Å². The molecule has 0 radical (unpaired) electrons. The molecule has 2 heteroatoms. The maximum Gasteiger partial charge on any atom is 0.0191 e. The largest absolute Gasteiger partial charge is 0.326 e. The number of hydrogen-bond acceptors (Lipinski definition) is 2. The molecule has 0 aromatic heterocycles. The van der Waals surface area contributed by atoms with Crippen molar-refractivity contribution in [1.29, 1.82) is 0 Å². The molecular weight excluding hydrogens is 160 g/mol. The number of nitrogens with two attached hydrogens (primary N) is 1. The van der Waals surface area contributed by atoms with E-state index in [1.807, 2.05) is 0 Å². The molecule has 1 aliphatic rings. The highest BCUT2D eigenvalue weighted by atomic mass is 15.1. The highest BCUT2D eigenvalue weighted by molar-refractivity contribution is 4.72. The van der Waals surface area contributed by atoms with Crippen LogP contribution >= 0.6 is 0 Å². The van der Waals surface area contributed by atoms with Gasteiger partial charge in [-0.25, -0.2) is 0 Å². The van der Waals surface area contributed by atoms with Crippen LogP contribution in [-0.4, -0.2) is 30.6 Å². The molecule has 0 spiro atoms. The average Bonchev–Trinajstić information content (AvgIpc) is 2.32. The third kappa shape index (κ3) is 4.10. The lowest BCUT2D eigenvalue weighted by Gasteiger charge is -2.25. The number of nitrogens with zero attached hydrogens (tertiary/aromatic N) is 1. The van der Waals surface area contributed by atoms with Gasteiger partial charge in [-0.2, -0.15) is 0 Å². The van der Waals surface area contributed by atoms with Gasteiger partial charge < -0.3 is 10.6 Å². The number of rotatable bonds is 3. The van der Waals surface area contributed by atoms with Gasteiger partial charge in [0.15, 0.2) is 0 Å². The second kappa shape index (κ2) is 5.61. The maximum atomic E-state index is 6.06. The molecule has 0 unspecified atom stereocenters. The molecule has 78 valence electrons. The Bertz CT molecular complexity index is 126. The second-order valence-corrected chi connectivity index (χ2v) is 4.62. The van der Waals surface area contributed by atoms with Gasteiger partial charge in [0, 0.05) is 12.6 Å². The fourth-order valence-electron chi connectivity index (χ4n) is 1.83. The molecule has 0 aliphatic carbocycles. The summed E-state index contributed by atoms with van der Waals surface area (Å²) in [5.74, 6) is 0.614. The average molecular weight is 184 g/mol. The molecule has 0 amide bonds. The summed E-state index contributed by atoms with van der Waals surface area (Å²) in [7, 11) is 0. The molecule has 13 heavy (non-hydrogen) atoms. The van der Waals surface area contributed by atoms with E-state index in [0.29, 0.717) is 12.0 Å². The highest BCUT2D eigenvalue weighted by Gasteiger charge is 2.14. The summed E-state index contributed by atoms with van der Waals surface area (Å²) in [6, 6.07) is 0.359. The molecule has 1 heterocycles. The normalized spacial score (nSPS) is 23.1. The van der Waals surface area contributed by atoms with E-state index in [4.69, 9.17) is 5.73 Å². The van der Waals surface area contributed by atoms with Gasteiger partial charge in [0.1, 0.15) is 0 Å². The van der Waals surface area contributed by atoms with Crippen LogP contribution < -0.4 is 5.73 Å². The van der Waals surface area contributed by atoms with Gasteiger partial charge >= 0.3 is 0 Å². The molecular formula is C11H24N2. The summed E-state index contributed by atoms with van der Waals surface area (Å²) in [5.41, 5.74) is 6.06. The molecule has 0 aromatic rings. The predicted molar refractivity (Wildman–Crippen MR) is 57.7 cm³/mol. The van der Waals surface area contributed by atoms with E-state index in [2.05, 4.69) is 18.7 Å². The lowest BCUT2D eigenvalue weighted by atomic mass is 10.1. The topological polar surface area (TPSA) is 29.3 Å². The van der Waals surface area contributed by atoms with Crippen molar-refractivity contribution < 1.29 is 0 Å². The SMILES string of the molecule is CC(C)[C@@H](N)CN1CCCCCC1. The van der Waals surface area contributed by atoms with Gasteiger partial charge in [0.2, 0.25) is 0 Å². The van der Waals surface area contributed by atoms with Crippen molar-refractivity contribution in [1.82, 2.24) is 4.90 Å². The van der Waals surface area contributed by atoms with Gasteiger partial charge in [-0.05, 0) is 31.8 Å². The third-order valence-electron chi connectivity index (χ3n) is 3.02. The fraction of sp³-hybridized carbons (Fsp3) is 1.00. The Balaban J connectivity index is 2.25. The van der Waals surface area contributed by atoms with E-state index >= 15 is 0 Å². The van der Waals surface area contributed by atoms with Crippen molar-refractivity contribution in [2.75, 3.05) is 19.6 Å². The Hall–Kier alpha value is -0.0800. The third-order valence-corrected chi connectivity index (χ3v) is 3.02. The lowest BCUT2D eigenvalue weighted by molar-refractivity contribution is 0.246. The van der Waals surface area contributed by atoms with Crippen LogP contribution in [0.4, 0.5) is 0 Å². The minimum absolute atomic E-state index is 0.359. The summed E-state index contributed by atoms with van der Waals surface area (Å²) in [6.07, 6.45) is 5.55. The number of hydrogen-bond donors (Lipinski definition) is 1. The van der Waals surface area contributed by atoms with Gasteiger partial charge in [0.05, 0.1) is 0 Å². The Morgan fingerprint density at radius 1 is 1.08 bits per heavy atom. The van der Waals surface area contributed by atoms with Crippen molar-refractivity contribution in [3.63, 3.8) is 0 Å². The van der Waals surface area contributed by atoms with Crippen molar-refractivity contribution in [2.24, 2.45) is 11.7 Å². The molecule has 1 rings (SSSR count). The van der Waals surface area contributed by atoms with Crippen LogP contribution in [0.2, 0.25) is 0 Å². The highest BCUT2D eigenvalue weighted by Crippen LogP contribution is 2.11. The zero-order chi connectivity index (χ0) is 9.68. The summed E-state index contributed by atoms with van der Waals surface area (Å²) < 4.78 is 0. The molecule has 0 saturated carbocycles. The van der Waals surface area contributed by atoms with E-state index in [1.54, 1.807) is 0 Å². The van der Waals surface area contributed by atoms with Gasteiger partial charge in [-0.15, -0.1) is 0 Å². The first-order valence-electron chi connectivity index (χ1n) is 5.68. The monoisotopic (exact) mass is 184 g/mol.